The first-order chi connectivity index (χ1) is 21.7. The Balaban J connectivity index is 1.84. The monoisotopic (exact) mass is 621 g/mol. The van der Waals surface area contributed by atoms with Crippen LogP contribution in [-0.2, 0) is 20.7 Å². The number of fused-ring (bicyclic) bond motifs is 1. The van der Waals surface area contributed by atoms with Crippen LogP contribution in [0.1, 0.15) is 76.3 Å². The largest absolute Gasteiger partial charge is 0.444 e. The number of hydrogen-bond donors (Lipinski definition) is 2. The third-order valence-corrected chi connectivity index (χ3v) is 8.28. The molecule has 0 fully saturated rings. The summed E-state index contributed by atoms with van der Waals surface area (Å²) >= 11 is 0. The van der Waals surface area contributed by atoms with E-state index in [-0.39, 0.29) is 18.2 Å². The lowest BCUT2D eigenvalue weighted by atomic mass is 9.89. The Morgan fingerprint density at radius 2 is 1.46 bits per heavy atom. The Kier molecular flexibility index (Phi) is 10.6. The molecule has 2 N–H and O–H groups in total. The Morgan fingerprint density at radius 3 is 2.11 bits per heavy atom. The minimum absolute atomic E-state index is 0.223. The Labute approximate surface area is 273 Å². The highest BCUT2D eigenvalue weighted by Crippen LogP contribution is 2.35. The van der Waals surface area contributed by atoms with Gasteiger partial charge in [0.1, 0.15) is 17.7 Å². The average molecular weight is 622 g/mol. The van der Waals surface area contributed by atoms with E-state index in [0.29, 0.717) is 12.1 Å². The summed E-state index contributed by atoms with van der Waals surface area (Å²) in [6.07, 6.45) is 0.0921. The molecule has 4 aromatic rings. The van der Waals surface area contributed by atoms with Crippen molar-refractivity contribution in [2.24, 2.45) is 0 Å². The van der Waals surface area contributed by atoms with Crippen LogP contribution in [0.4, 0.5) is 10.5 Å². The van der Waals surface area contributed by atoms with Crippen molar-refractivity contribution < 1.29 is 19.1 Å². The SMILES string of the molecule is CCC(C)(C)N(C(=O)C(Cc1ccccc1)NC(=O)OC(C)(C)C)C(C(=O)Nc1ccc2ccccc2c1)c1cc(C)ccc1C. The van der Waals surface area contributed by atoms with Crippen LogP contribution < -0.4 is 10.6 Å². The lowest BCUT2D eigenvalue weighted by molar-refractivity contribution is -0.147. The van der Waals surface area contributed by atoms with E-state index >= 15 is 0 Å². The summed E-state index contributed by atoms with van der Waals surface area (Å²) in [5.41, 5.74) is 2.55. The number of benzene rings is 4. The van der Waals surface area contributed by atoms with Gasteiger partial charge >= 0.3 is 6.09 Å². The number of alkyl carbamates (subject to hydrolysis) is 1. The molecule has 7 nitrogen and oxygen atoms in total. The zero-order valence-electron chi connectivity index (χ0n) is 28.3. The van der Waals surface area contributed by atoms with Gasteiger partial charge < -0.3 is 20.3 Å². The average Bonchev–Trinajstić information content (AvgIpc) is 3.00. The van der Waals surface area contributed by atoms with Crippen molar-refractivity contribution in [3.8, 4) is 0 Å². The van der Waals surface area contributed by atoms with Crippen LogP contribution in [0.15, 0.2) is 91.0 Å². The number of ether oxygens (including phenoxy) is 1. The lowest BCUT2D eigenvalue weighted by Crippen LogP contribution is -2.59. The maximum atomic E-state index is 15.0. The molecule has 4 aromatic carbocycles. The third-order valence-electron chi connectivity index (χ3n) is 8.28. The summed E-state index contributed by atoms with van der Waals surface area (Å²) in [6.45, 7) is 15.2. The zero-order valence-corrected chi connectivity index (χ0v) is 28.3. The number of nitrogens with zero attached hydrogens (tertiary/aromatic N) is 1. The molecule has 0 radical (unpaired) electrons. The smallest absolute Gasteiger partial charge is 0.408 e. The summed E-state index contributed by atoms with van der Waals surface area (Å²) in [5.74, 6) is -0.712. The van der Waals surface area contributed by atoms with Crippen molar-refractivity contribution in [3.63, 3.8) is 0 Å². The summed E-state index contributed by atoms with van der Waals surface area (Å²) in [4.78, 5) is 44.4. The van der Waals surface area contributed by atoms with Gasteiger partial charge in [-0.25, -0.2) is 4.79 Å². The van der Waals surface area contributed by atoms with E-state index < -0.39 is 29.3 Å². The predicted octanol–water partition coefficient (Wildman–Crippen LogP) is 8.29. The normalized spacial score (nSPS) is 13.0. The van der Waals surface area contributed by atoms with Crippen LogP contribution in [0.2, 0.25) is 0 Å². The van der Waals surface area contributed by atoms with Crippen LogP contribution >= 0.6 is 0 Å². The van der Waals surface area contributed by atoms with Gasteiger partial charge in [0.2, 0.25) is 5.91 Å². The molecule has 3 amide bonds. The van der Waals surface area contributed by atoms with Gasteiger partial charge in [-0.15, -0.1) is 0 Å². The summed E-state index contributed by atoms with van der Waals surface area (Å²) in [6, 6.07) is 27.2. The number of amides is 3. The second-order valence-corrected chi connectivity index (χ2v) is 13.6. The van der Waals surface area contributed by atoms with Crippen molar-refractivity contribution in [3.05, 3.63) is 113 Å². The standard InChI is InChI=1S/C39H47N3O4/c1-9-39(7,8)42(36(44)33(24-28-15-11-10-12-16-28)41-37(45)46-38(4,5)6)34(32-23-26(2)19-20-27(32)3)35(43)40-31-22-21-29-17-13-14-18-30(29)25-31/h10-23,25,33-34H,9,24H2,1-8H3,(H,40,43)(H,41,45). The molecule has 0 aliphatic rings. The molecular formula is C39H47N3O4. The van der Waals surface area contributed by atoms with Crippen LogP contribution in [0, 0.1) is 13.8 Å². The molecule has 0 saturated carbocycles. The van der Waals surface area contributed by atoms with Gasteiger partial charge in [0.25, 0.3) is 5.91 Å². The number of rotatable bonds is 10. The molecule has 0 aliphatic carbocycles. The van der Waals surface area contributed by atoms with Crippen molar-refractivity contribution >= 4 is 34.4 Å². The molecule has 242 valence electrons. The van der Waals surface area contributed by atoms with Crippen molar-refractivity contribution in [1.82, 2.24) is 10.2 Å². The molecule has 7 heteroatoms. The van der Waals surface area contributed by atoms with Crippen molar-refractivity contribution in [1.29, 1.82) is 0 Å². The third kappa shape index (κ3) is 8.53. The number of anilines is 1. The van der Waals surface area contributed by atoms with Gasteiger partial charge in [0.05, 0.1) is 0 Å². The molecule has 46 heavy (non-hydrogen) atoms. The predicted molar refractivity (Wildman–Crippen MR) is 186 cm³/mol. The first-order valence-corrected chi connectivity index (χ1v) is 15.9. The lowest BCUT2D eigenvalue weighted by Gasteiger charge is -2.45. The van der Waals surface area contributed by atoms with E-state index in [1.165, 1.54) is 0 Å². The number of carbonyl (C=O) groups excluding carboxylic acids is 3. The minimum Gasteiger partial charge on any atom is -0.444 e. The van der Waals surface area contributed by atoms with Gasteiger partial charge in [0, 0.05) is 17.6 Å². The second kappa shape index (κ2) is 14.2. The summed E-state index contributed by atoms with van der Waals surface area (Å²) in [7, 11) is 0. The van der Waals surface area contributed by atoms with Gasteiger partial charge in [-0.05, 0) is 94.5 Å². The fourth-order valence-corrected chi connectivity index (χ4v) is 5.54. The Morgan fingerprint density at radius 1 is 0.804 bits per heavy atom. The Bertz CT molecular complexity index is 1690. The van der Waals surface area contributed by atoms with Crippen LogP contribution in [0.5, 0.6) is 0 Å². The minimum atomic E-state index is -0.996. The molecule has 0 bridgehead atoms. The highest BCUT2D eigenvalue weighted by atomic mass is 16.6. The number of carbonyl (C=O) groups is 3. The highest BCUT2D eigenvalue weighted by Gasteiger charge is 2.43. The number of nitrogens with one attached hydrogen (secondary N) is 2. The second-order valence-electron chi connectivity index (χ2n) is 13.6. The maximum absolute atomic E-state index is 15.0. The number of aryl methyl sites for hydroxylation is 2. The zero-order chi connectivity index (χ0) is 33.6. The first-order valence-electron chi connectivity index (χ1n) is 15.9. The van der Waals surface area contributed by atoms with E-state index in [1.54, 1.807) is 25.7 Å². The van der Waals surface area contributed by atoms with Crippen LogP contribution in [-0.4, -0.2) is 40.0 Å². The van der Waals surface area contributed by atoms with Gasteiger partial charge in [-0.3, -0.25) is 9.59 Å². The molecule has 4 rings (SSSR count). The molecule has 0 aliphatic heterocycles. The molecular weight excluding hydrogens is 574 g/mol. The quantitative estimate of drug-likeness (QED) is 0.187. The topological polar surface area (TPSA) is 87.7 Å². The fraction of sp³-hybridized carbons (Fsp3) is 0.359. The molecule has 2 atom stereocenters. The van der Waals surface area contributed by atoms with E-state index in [4.69, 9.17) is 4.74 Å². The molecule has 2 unspecified atom stereocenters. The van der Waals surface area contributed by atoms with Crippen LogP contribution in [0.25, 0.3) is 10.8 Å². The van der Waals surface area contributed by atoms with E-state index in [2.05, 4.69) is 10.6 Å². The van der Waals surface area contributed by atoms with Crippen LogP contribution in [0.3, 0.4) is 0 Å². The number of hydrogen-bond acceptors (Lipinski definition) is 4. The Hall–Kier alpha value is -4.65. The van der Waals surface area contributed by atoms with Gasteiger partial charge in [-0.2, -0.15) is 0 Å². The van der Waals surface area contributed by atoms with Gasteiger partial charge in [-0.1, -0.05) is 91.3 Å². The van der Waals surface area contributed by atoms with Crippen molar-refractivity contribution in [2.75, 3.05) is 5.32 Å². The first kappa shape index (κ1) is 34.2. The molecule has 0 heterocycles. The highest BCUT2D eigenvalue weighted by molar-refractivity contribution is 6.01. The molecule has 0 spiro atoms. The van der Waals surface area contributed by atoms with Gasteiger partial charge in [0.15, 0.2) is 0 Å². The maximum Gasteiger partial charge on any atom is 0.408 e. The molecule has 0 saturated heterocycles. The summed E-state index contributed by atoms with van der Waals surface area (Å²) < 4.78 is 5.59. The fourth-order valence-electron chi connectivity index (χ4n) is 5.54. The van der Waals surface area contributed by atoms with E-state index in [0.717, 1.165) is 33.0 Å². The van der Waals surface area contributed by atoms with E-state index in [1.807, 2.05) is 126 Å². The van der Waals surface area contributed by atoms with Crippen molar-refractivity contribution in [2.45, 2.75) is 91.5 Å². The summed E-state index contributed by atoms with van der Waals surface area (Å²) in [5, 5.41) is 8.04. The molecule has 0 aromatic heterocycles. The van der Waals surface area contributed by atoms with E-state index in [9.17, 15) is 14.4 Å².